The molecule has 0 saturated heterocycles. The Balaban J connectivity index is 0.00000242. The van der Waals surface area contributed by atoms with Crippen LogP contribution in [0.1, 0.15) is 25.8 Å². The van der Waals surface area contributed by atoms with E-state index in [4.69, 9.17) is 9.15 Å². The van der Waals surface area contributed by atoms with Gasteiger partial charge in [-0.15, -0.1) is 0 Å². The van der Waals surface area contributed by atoms with Crippen LogP contribution in [-0.2, 0) is 4.79 Å². The van der Waals surface area contributed by atoms with E-state index in [0.29, 0.717) is 23.7 Å². The number of halogens is 1. The average Bonchev–Trinajstić information content (AvgIpc) is 2.37. The van der Waals surface area contributed by atoms with E-state index in [-0.39, 0.29) is 18.4 Å². The topological polar surface area (TPSA) is 84.2 Å². The van der Waals surface area contributed by atoms with Crippen molar-refractivity contribution < 1.29 is 32.1 Å². The summed E-state index contributed by atoms with van der Waals surface area (Å²) in [7, 11) is 0. The summed E-state index contributed by atoms with van der Waals surface area (Å²) in [6.45, 7) is 5.89. The highest BCUT2D eigenvalue weighted by Crippen LogP contribution is 2.22. The summed E-state index contributed by atoms with van der Waals surface area (Å²) in [5.41, 5.74) is 4.64. The highest BCUT2D eigenvalue weighted by molar-refractivity contribution is 5.83. The van der Waals surface area contributed by atoms with Gasteiger partial charge in [0.05, 0.1) is 0 Å². The van der Waals surface area contributed by atoms with Crippen molar-refractivity contribution in [1.82, 2.24) is 0 Å². The van der Waals surface area contributed by atoms with Gasteiger partial charge in [-0.2, -0.15) is 0 Å². The monoisotopic (exact) mass is 325 g/mol. The lowest BCUT2D eigenvalue weighted by Crippen LogP contribution is -3.00. The number of carbonyl (C=O) groups excluding carboxylic acids is 1. The molecule has 0 radical (unpaired) electrons. The number of rotatable bonds is 4. The predicted octanol–water partition coefficient (Wildman–Crippen LogP) is -1.33. The van der Waals surface area contributed by atoms with E-state index < -0.39 is 11.7 Å². The minimum Gasteiger partial charge on any atom is -1.00 e. The van der Waals surface area contributed by atoms with Crippen LogP contribution in [0, 0.1) is 12.8 Å². The van der Waals surface area contributed by atoms with Gasteiger partial charge < -0.3 is 27.3 Å². The summed E-state index contributed by atoms with van der Waals surface area (Å²) in [6.07, 6.45) is 0.667. The number of hydrogen-bond donors (Lipinski definition) is 1. The Morgan fingerprint density at radius 3 is 2.64 bits per heavy atom. The SMILES string of the molecule is Cc1cc(=O)oc2cc(OC(=O)[C@H]([NH3+])CC(C)C)ccc12.[Cl-]. The maximum absolute atomic E-state index is 11.9. The summed E-state index contributed by atoms with van der Waals surface area (Å²) in [4.78, 5) is 23.3. The molecule has 0 saturated carbocycles. The third-order valence-electron chi connectivity index (χ3n) is 3.23. The molecule has 1 heterocycles. The summed E-state index contributed by atoms with van der Waals surface area (Å²) in [6, 6.07) is 6.04. The molecule has 0 aliphatic rings. The van der Waals surface area contributed by atoms with Crippen molar-refractivity contribution in [3.05, 3.63) is 40.2 Å². The highest BCUT2D eigenvalue weighted by atomic mass is 35.5. The molecular formula is C16H20ClNO4. The van der Waals surface area contributed by atoms with Gasteiger partial charge in [0.15, 0.2) is 6.04 Å². The Bertz CT molecular complexity index is 724. The van der Waals surface area contributed by atoms with E-state index in [2.05, 4.69) is 5.73 Å². The molecule has 0 aliphatic carbocycles. The second-order valence-corrected chi connectivity index (χ2v) is 5.65. The van der Waals surface area contributed by atoms with Crippen molar-refractivity contribution in [1.29, 1.82) is 0 Å². The molecule has 0 fully saturated rings. The normalized spacial score (nSPS) is 12.0. The van der Waals surface area contributed by atoms with Crippen LogP contribution in [0.15, 0.2) is 33.5 Å². The lowest BCUT2D eigenvalue weighted by atomic mass is 10.1. The van der Waals surface area contributed by atoms with Gasteiger partial charge in [0, 0.05) is 23.9 Å². The maximum atomic E-state index is 11.9. The first-order chi connectivity index (χ1) is 9.86. The molecule has 5 nitrogen and oxygen atoms in total. The fraction of sp³-hybridized carbons (Fsp3) is 0.375. The second kappa shape index (κ2) is 7.42. The van der Waals surface area contributed by atoms with Crippen LogP contribution in [0.2, 0.25) is 0 Å². The largest absolute Gasteiger partial charge is 1.00 e. The molecule has 1 aromatic carbocycles. The number of esters is 1. The van der Waals surface area contributed by atoms with E-state index >= 15 is 0 Å². The molecule has 0 spiro atoms. The molecule has 2 aromatic rings. The fourth-order valence-corrected chi connectivity index (χ4v) is 2.23. The van der Waals surface area contributed by atoms with Crippen LogP contribution in [0.5, 0.6) is 5.75 Å². The number of fused-ring (bicyclic) bond motifs is 1. The Labute approximate surface area is 134 Å². The van der Waals surface area contributed by atoms with Gasteiger partial charge in [0.2, 0.25) is 0 Å². The quantitative estimate of drug-likeness (QED) is 0.429. The Morgan fingerprint density at radius 1 is 1.32 bits per heavy atom. The first kappa shape index (κ1) is 18.2. The van der Waals surface area contributed by atoms with Gasteiger partial charge in [-0.1, -0.05) is 13.8 Å². The van der Waals surface area contributed by atoms with Crippen LogP contribution in [0.4, 0.5) is 0 Å². The number of aryl methyl sites for hydroxylation is 1. The Hall–Kier alpha value is -1.85. The van der Waals surface area contributed by atoms with Crippen molar-refractivity contribution in [3.63, 3.8) is 0 Å². The minimum atomic E-state index is -0.418. The molecular weight excluding hydrogens is 306 g/mol. The number of carbonyl (C=O) groups is 1. The molecule has 120 valence electrons. The first-order valence-electron chi connectivity index (χ1n) is 6.96. The number of benzene rings is 1. The Kier molecular flexibility index (Phi) is 6.14. The van der Waals surface area contributed by atoms with Gasteiger partial charge in [-0.25, -0.2) is 9.59 Å². The van der Waals surface area contributed by atoms with E-state index in [1.54, 1.807) is 18.2 Å². The fourth-order valence-electron chi connectivity index (χ4n) is 2.23. The summed E-state index contributed by atoms with van der Waals surface area (Å²) in [5.74, 6) is 0.356. The zero-order valence-corrected chi connectivity index (χ0v) is 13.6. The van der Waals surface area contributed by atoms with Crippen molar-refractivity contribution in [2.24, 2.45) is 5.92 Å². The van der Waals surface area contributed by atoms with Crippen molar-refractivity contribution in [3.8, 4) is 5.75 Å². The number of hydrogen-bond acceptors (Lipinski definition) is 4. The number of ether oxygens (including phenoxy) is 1. The molecule has 0 bridgehead atoms. The smallest absolute Gasteiger partial charge is 0.370 e. The van der Waals surface area contributed by atoms with Gasteiger partial charge >= 0.3 is 11.6 Å². The van der Waals surface area contributed by atoms with E-state index in [1.807, 2.05) is 20.8 Å². The molecule has 0 unspecified atom stereocenters. The third-order valence-corrected chi connectivity index (χ3v) is 3.23. The molecule has 3 N–H and O–H groups in total. The van der Waals surface area contributed by atoms with Crippen LogP contribution in [-0.4, -0.2) is 12.0 Å². The zero-order chi connectivity index (χ0) is 15.6. The van der Waals surface area contributed by atoms with Gasteiger partial charge in [-0.3, -0.25) is 0 Å². The lowest BCUT2D eigenvalue weighted by molar-refractivity contribution is -0.409. The third kappa shape index (κ3) is 4.32. The van der Waals surface area contributed by atoms with Crippen molar-refractivity contribution >= 4 is 16.9 Å². The summed E-state index contributed by atoms with van der Waals surface area (Å²) >= 11 is 0. The number of quaternary nitrogens is 1. The molecule has 2 rings (SSSR count). The molecule has 1 aromatic heterocycles. The van der Waals surface area contributed by atoms with Crippen LogP contribution in [0.3, 0.4) is 0 Å². The molecule has 6 heteroatoms. The van der Waals surface area contributed by atoms with Crippen molar-refractivity contribution in [2.75, 3.05) is 0 Å². The minimum absolute atomic E-state index is 0. The molecule has 1 atom stereocenters. The Morgan fingerprint density at radius 2 is 2.00 bits per heavy atom. The molecule has 22 heavy (non-hydrogen) atoms. The second-order valence-electron chi connectivity index (χ2n) is 5.65. The standard InChI is InChI=1S/C16H19NO4.ClH/c1-9(2)6-13(17)16(19)20-11-4-5-12-10(3)7-15(18)21-14(12)8-11;/h4-5,7-9,13H,6,17H2,1-3H3;1H/t13-;/m1./s1. The van der Waals surface area contributed by atoms with Gasteiger partial charge in [0.1, 0.15) is 11.3 Å². The van der Waals surface area contributed by atoms with Crippen molar-refractivity contribution in [2.45, 2.75) is 33.2 Å². The van der Waals surface area contributed by atoms with Crippen LogP contribution in [0.25, 0.3) is 11.0 Å². The van der Waals surface area contributed by atoms with Gasteiger partial charge in [0.25, 0.3) is 0 Å². The van der Waals surface area contributed by atoms with E-state index in [9.17, 15) is 9.59 Å². The average molecular weight is 326 g/mol. The zero-order valence-electron chi connectivity index (χ0n) is 12.9. The maximum Gasteiger partial charge on any atom is 0.370 e. The lowest BCUT2D eigenvalue weighted by Gasteiger charge is -2.11. The van der Waals surface area contributed by atoms with E-state index in [0.717, 1.165) is 10.9 Å². The van der Waals surface area contributed by atoms with Crippen LogP contribution < -0.4 is 28.5 Å². The first-order valence-corrected chi connectivity index (χ1v) is 6.96. The molecule has 0 amide bonds. The van der Waals surface area contributed by atoms with Gasteiger partial charge in [-0.05, 0) is 30.5 Å². The van der Waals surface area contributed by atoms with E-state index in [1.165, 1.54) is 6.07 Å². The highest BCUT2D eigenvalue weighted by Gasteiger charge is 2.21. The summed E-state index contributed by atoms with van der Waals surface area (Å²) < 4.78 is 10.4. The summed E-state index contributed by atoms with van der Waals surface area (Å²) in [5, 5.41) is 0.822. The van der Waals surface area contributed by atoms with Crippen LogP contribution >= 0.6 is 0 Å². The predicted molar refractivity (Wildman–Crippen MR) is 79.0 cm³/mol. The molecule has 0 aliphatic heterocycles.